The summed E-state index contributed by atoms with van der Waals surface area (Å²) in [4.78, 5) is 10.1. The quantitative estimate of drug-likeness (QED) is 0.603. The molecule has 1 rings (SSSR count). The Balaban J connectivity index is 2.08. The molecule has 1 aliphatic carbocycles. The first-order chi connectivity index (χ1) is 4.70. The normalized spacial score (nSPS) is 31.3. The van der Waals surface area contributed by atoms with E-state index in [1.165, 1.54) is 6.42 Å². The predicted molar refractivity (Wildman–Crippen MR) is 37.8 cm³/mol. The zero-order valence-electron chi connectivity index (χ0n) is 6.13. The van der Waals surface area contributed by atoms with Crippen molar-refractivity contribution in [3.05, 3.63) is 0 Å². The van der Waals surface area contributed by atoms with Crippen LogP contribution in [0.4, 0.5) is 0 Å². The third kappa shape index (κ3) is 1.70. The van der Waals surface area contributed by atoms with E-state index in [4.69, 9.17) is 5.11 Å². The summed E-state index contributed by atoms with van der Waals surface area (Å²) in [5.41, 5.74) is 0. The second-order valence-corrected chi connectivity index (χ2v) is 2.94. The van der Waals surface area contributed by atoms with Crippen LogP contribution in [0.2, 0.25) is 0 Å². The molecule has 0 aliphatic heterocycles. The van der Waals surface area contributed by atoms with Crippen molar-refractivity contribution in [2.45, 2.75) is 25.8 Å². The minimum Gasteiger partial charge on any atom is -0.480 e. The summed E-state index contributed by atoms with van der Waals surface area (Å²) in [6, 6.07) is 0.455. The van der Waals surface area contributed by atoms with Gasteiger partial charge in [-0.2, -0.15) is 0 Å². The van der Waals surface area contributed by atoms with Gasteiger partial charge in [0, 0.05) is 6.04 Å². The van der Waals surface area contributed by atoms with Crippen LogP contribution in [0.15, 0.2) is 0 Å². The van der Waals surface area contributed by atoms with Crippen molar-refractivity contribution in [2.75, 3.05) is 6.54 Å². The molecule has 3 heteroatoms. The van der Waals surface area contributed by atoms with Gasteiger partial charge in [0.25, 0.3) is 0 Å². The molecule has 0 aromatic heterocycles. The minimum atomic E-state index is -0.765. The van der Waals surface area contributed by atoms with E-state index in [9.17, 15) is 4.79 Å². The molecule has 1 fully saturated rings. The third-order valence-corrected chi connectivity index (χ3v) is 2.14. The van der Waals surface area contributed by atoms with Crippen LogP contribution < -0.4 is 5.32 Å². The predicted octanol–water partition coefficient (Wildman–Crippen LogP) is 0.459. The molecule has 10 heavy (non-hydrogen) atoms. The lowest BCUT2D eigenvalue weighted by Crippen LogP contribution is -2.44. The fourth-order valence-electron chi connectivity index (χ4n) is 1.19. The van der Waals surface area contributed by atoms with Gasteiger partial charge in [0.05, 0.1) is 6.54 Å². The van der Waals surface area contributed by atoms with E-state index in [2.05, 4.69) is 12.2 Å². The number of carbonyl (C=O) groups is 1. The first-order valence-corrected chi connectivity index (χ1v) is 3.65. The summed E-state index contributed by atoms with van der Waals surface area (Å²) in [5, 5.41) is 11.3. The van der Waals surface area contributed by atoms with Gasteiger partial charge in [-0.3, -0.25) is 4.79 Å². The molecule has 2 N–H and O–H groups in total. The summed E-state index contributed by atoms with van der Waals surface area (Å²) in [7, 11) is 0. The van der Waals surface area contributed by atoms with E-state index >= 15 is 0 Å². The maximum atomic E-state index is 10.1. The summed E-state index contributed by atoms with van der Waals surface area (Å²) >= 11 is 0. The van der Waals surface area contributed by atoms with E-state index in [0.29, 0.717) is 12.0 Å². The summed E-state index contributed by atoms with van der Waals surface area (Å²) in [6.45, 7) is 2.25. The molecule has 0 radical (unpaired) electrons. The smallest absolute Gasteiger partial charge is 0.317 e. The second kappa shape index (κ2) is 3.01. The van der Waals surface area contributed by atoms with E-state index in [-0.39, 0.29) is 6.54 Å². The fraction of sp³-hybridized carbons (Fsp3) is 0.857. The molecule has 0 saturated heterocycles. The number of nitrogens with one attached hydrogen (secondary N) is 1. The molecule has 0 spiro atoms. The maximum Gasteiger partial charge on any atom is 0.317 e. The molecule has 0 amide bonds. The summed E-state index contributed by atoms with van der Waals surface area (Å²) in [5.74, 6) is -0.0987. The highest BCUT2D eigenvalue weighted by molar-refractivity contribution is 5.69. The number of hydrogen-bond acceptors (Lipinski definition) is 2. The average molecular weight is 143 g/mol. The van der Waals surface area contributed by atoms with Crippen molar-refractivity contribution < 1.29 is 9.90 Å². The number of carboxylic acids is 1. The van der Waals surface area contributed by atoms with Crippen LogP contribution in [-0.2, 0) is 4.79 Å². The van der Waals surface area contributed by atoms with Crippen molar-refractivity contribution in [2.24, 2.45) is 5.92 Å². The van der Waals surface area contributed by atoms with Crippen LogP contribution in [0.25, 0.3) is 0 Å². The summed E-state index contributed by atoms with van der Waals surface area (Å²) < 4.78 is 0. The van der Waals surface area contributed by atoms with Crippen LogP contribution in [-0.4, -0.2) is 23.7 Å². The molecule has 0 aromatic carbocycles. The largest absolute Gasteiger partial charge is 0.480 e. The number of aliphatic carboxylic acids is 1. The Hall–Kier alpha value is -0.570. The second-order valence-electron chi connectivity index (χ2n) is 2.94. The third-order valence-electron chi connectivity index (χ3n) is 2.14. The highest BCUT2D eigenvalue weighted by Gasteiger charge is 2.26. The Labute approximate surface area is 60.4 Å². The Morgan fingerprint density at radius 3 is 2.70 bits per heavy atom. The highest BCUT2D eigenvalue weighted by Crippen LogP contribution is 2.25. The fourth-order valence-corrected chi connectivity index (χ4v) is 1.19. The van der Waals surface area contributed by atoms with Gasteiger partial charge in [-0.15, -0.1) is 0 Å². The van der Waals surface area contributed by atoms with Crippen LogP contribution in [0.3, 0.4) is 0 Å². The van der Waals surface area contributed by atoms with Gasteiger partial charge in [-0.05, 0) is 18.8 Å². The van der Waals surface area contributed by atoms with Gasteiger partial charge in [-0.1, -0.05) is 6.92 Å². The van der Waals surface area contributed by atoms with Crippen LogP contribution >= 0.6 is 0 Å². The van der Waals surface area contributed by atoms with Gasteiger partial charge >= 0.3 is 5.97 Å². The molecule has 58 valence electrons. The van der Waals surface area contributed by atoms with Crippen molar-refractivity contribution >= 4 is 5.97 Å². The minimum absolute atomic E-state index is 0.106. The first-order valence-electron chi connectivity index (χ1n) is 3.65. The van der Waals surface area contributed by atoms with Crippen molar-refractivity contribution in [1.82, 2.24) is 5.32 Å². The zero-order chi connectivity index (χ0) is 7.56. The van der Waals surface area contributed by atoms with E-state index in [1.54, 1.807) is 0 Å². The van der Waals surface area contributed by atoms with Gasteiger partial charge in [-0.25, -0.2) is 0 Å². The molecule has 1 aliphatic rings. The summed E-state index contributed by atoms with van der Waals surface area (Å²) in [6.07, 6.45) is 2.37. The van der Waals surface area contributed by atoms with Gasteiger partial charge in [0.2, 0.25) is 0 Å². The van der Waals surface area contributed by atoms with E-state index in [0.717, 1.165) is 6.42 Å². The lowest BCUT2D eigenvalue weighted by Gasteiger charge is -2.34. The van der Waals surface area contributed by atoms with Crippen molar-refractivity contribution in [1.29, 1.82) is 0 Å². The molecule has 0 heterocycles. The van der Waals surface area contributed by atoms with Crippen molar-refractivity contribution in [3.63, 3.8) is 0 Å². The molecule has 0 aromatic rings. The molecule has 1 unspecified atom stereocenters. The Morgan fingerprint density at radius 2 is 2.40 bits per heavy atom. The van der Waals surface area contributed by atoms with Crippen LogP contribution in [0.1, 0.15) is 19.8 Å². The van der Waals surface area contributed by atoms with E-state index in [1.807, 2.05) is 0 Å². The molecular weight excluding hydrogens is 130 g/mol. The Bertz CT molecular complexity index is 136. The Kier molecular flexibility index (Phi) is 2.27. The zero-order valence-corrected chi connectivity index (χ0v) is 6.13. The standard InChI is InChI=1S/C7H13NO2/c1-5-2-3-6(5)8-4-7(9)10/h5-6,8H,2-4H2,1H3,(H,9,10)/t5?,6-/m1/s1. The van der Waals surface area contributed by atoms with Gasteiger partial charge in [0.15, 0.2) is 0 Å². The average Bonchev–Trinajstić information content (AvgIpc) is 1.84. The van der Waals surface area contributed by atoms with Gasteiger partial charge in [0.1, 0.15) is 0 Å². The molecule has 3 nitrogen and oxygen atoms in total. The molecule has 1 saturated carbocycles. The van der Waals surface area contributed by atoms with E-state index < -0.39 is 5.97 Å². The lowest BCUT2D eigenvalue weighted by atomic mass is 9.81. The van der Waals surface area contributed by atoms with Crippen LogP contribution in [0, 0.1) is 5.92 Å². The van der Waals surface area contributed by atoms with Gasteiger partial charge < -0.3 is 10.4 Å². The SMILES string of the molecule is CC1CC[C@H]1NCC(=O)O. The molecular formula is C7H13NO2. The maximum absolute atomic E-state index is 10.1. The van der Waals surface area contributed by atoms with Crippen molar-refractivity contribution in [3.8, 4) is 0 Å². The number of rotatable bonds is 3. The first kappa shape index (κ1) is 7.54. The number of carboxylic acid groups (broad SMARTS) is 1. The molecule has 2 atom stereocenters. The monoisotopic (exact) mass is 143 g/mol. The molecule has 0 bridgehead atoms. The topological polar surface area (TPSA) is 49.3 Å². The number of hydrogen-bond donors (Lipinski definition) is 2. The Morgan fingerprint density at radius 1 is 1.70 bits per heavy atom. The lowest BCUT2D eigenvalue weighted by molar-refractivity contribution is -0.136. The van der Waals surface area contributed by atoms with Crippen LogP contribution in [0.5, 0.6) is 0 Å². The highest BCUT2D eigenvalue weighted by atomic mass is 16.4.